The van der Waals surface area contributed by atoms with E-state index in [0.29, 0.717) is 0 Å². The van der Waals surface area contributed by atoms with Crippen LogP contribution < -0.4 is 9.47 Å². The summed E-state index contributed by atoms with van der Waals surface area (Å²) in [4.78, 5) is 0. The Hall–Kier alpha value is 0.260. The second-order valence-corrected chi connectivity index (χ2v) is 6.67. The number of benzene rings is 1. The quantitative estimate of drug-likeness (QED) is 0.385. The highest BCUT2D eigenvalue weighted by Gasteiger charge is 2.12. The van der Waals surface area contributed by atoms with Crippen LogP contribution in [0, 0.1) is 0 Å². The maximum atomic E-state index is 5.86. The molecule has 18 heavy (non-hydrogen) atoms. The van der Waals surface area contributed by atoms with Gasteiger partial charge in [-0.05, 0) is 72.8 Å². The molecule has 1 atom stereocenters. The molecule has 5 heteroatoms. The first-order valence-electron chi connectivity index (χ1n) is 5.92. The standard InChI is InChI=1S/C13H17Br3O2/c1-3-4-5-6-13(16)18-12-8-9(14)11(17-2)7-10(12)15/h7-8,13H,3-6H2,1-2H3. The van der Waals surface area contributed by atoms with Gasteiger partial charge in [-0.15, -0.1) is 0 Å². The number of ether oxygens (including phenoxy) is 2. The molecule has 0 saturated carbocycles. The third-order valence-electron chi connectivity index (χ3n) is 2.50. The summed E-state index contributed by atoms with van der Waals surface area (Å²) >= 11 is 10.5. The Kier molecular flexibility index (Phi) is 7.64. The van der Waals surface area contributed by atoms with Gasteiger partial charge in [0.25, 0.3) is 0 Å². The lowest BCUT2D eigenvalue weighted by atomic mass is 10.2. The lowest BCUT2D eigenvalue weighted by Gasteiger charge is -2.15. The van der Waals surface area contributed by atoms with Crippen LogP contribution in [0.5, 0.6) is 11.5 Å². The number of hydrogen-bond donors (Lipinski definition) is 0. The van der Waals surface area contributed by atoms with Crippen molar-refractivity contribution in [2.75, 3.05) is 7.11 Å². The Labute approximate surface area is 134 Å². The minimum atomic E-state index is 0.0423. The fourth-order valence-electron chi connectivity index (χ4n) is 1.51. The smallest absolute Gasteiger partial charge is 0.153 e. The summed E-state index contributed by atoms with van der Waals surface area (Å²) < 4.78 is 12.9. The van der Waals surface area contributed by atoms with E-state index < -0.39 is 0 Å². The highest BCUT2D eigenvalue weighted by atomic mass is 79.9. The van der Waals surface area contributed by atoms with Gasteiger partial charge in [0, 0.05) is 0 Å². The SMILES string of the molecule is CCCCCC(Br)Oc1cc(Br)c(OC)cc1Br. The molecule has 1 aromatic rings. The van der Waals surface area contributed by atoms with E-state index in [-0.39, 0.29) is 5.01 Å². The Balaban J connectivity index is 2.64. The van der Waals surface area contributed by atoms with Crippen molar-refractivity contribution in [1.82, 2.24) is 0 Å². The molecule has 0 heterocycles. The lowest BCUT2D eigenvalue weighted by Crippen LogP contribution is -2.08. The monoisotopic (exact) mass is 442 g/mol. The first-order valence-corrected chi connectivity index (χ1v) is 8.42. The fourth-order valence-corrected chi connectivity index (χ4v) is 2.93. The summed E-state index contributed by atoms with van der Waals surface area (Å²) in [5.74, 6) is 1.59. The maximum Gasteiger partial charge on any atom is 0.153 e. The average molecular weight is 445 g/mol. The molecule has 1 unspecified atom stereocenters. The second kappa shape index (κ2) is 8.43. The van der Waals surface area contributed by atoms with Crippen LogP contribution in [0.25, 0.3) is 0 Å². The molecule has 0 N–H and O–H groups in total. The molecule has 0 bridgehead atoms. The summed E-state index contributed by atoms with van der Waals surface area (Å²) in [6.07, 6.45) is 4.63. The molecule has 0 radical (unpaired) electrons. The Morgan fingerprint density at radius 1 is 1.11 bits per heavy atom. The van der Waals surface area contributed by atoms with E-state index >= 15 is 0 Å². The van der Waals surface area contributed by atoms with Crippen molar-refractivity contribution in [2.24, 2.45) is 0 Å². The summed E-state index contributed by atoms with van der Waals surface area (Å²) in [5, 5.41) is 0.0423. The summed E-state index contributed by atoms with van der Waals surface area (Å²) in [7, 11) is 1.64. The van der Waals surface area contributed by atoms with E-state index in [1.165, 1.54) is 19.3 Å². The van der Waals surface area contributed by atoms with E-state index in [2.05, 4.69) is 54.7 Å². The summed E-state index contributed by atoms with van der Waals surface area (Å²) in [5.41, 5.74) is 0. The van der Waals surface area contributed by atoms with Crippen LogP contribution >= 0.6 is 47.8 Å². The van der Waals surface area contributed by atoms with Crippen molar-refractivity contribution in [1.29, 1.82) is 0 Å². The van der Waals surface area contributed by atoms with Gasteiger partial charge in [-0.2, -0.15) is 0 Å². The molecular weight excluding hydrogens is 428 g/mol. The Morgan fingerprint density at radius 3 is 2.33 bits per heavy atom. The average Bonchev–Trinajstić information content (AvgIpc) is 2.33. The number of unbranched alkanes of at least 4 members (excludes halogenated alkanes) is 2. The van der Waals surface area contributed by atoms with E-state index in [0.717, 1.165) is 26.9 Å². The predicted molar refractivity (Wildman–Crippen MR) is 85.9 cm³/mol. The van der Waals surface area contributed by atoms with E-state index in [1.807, 2.05) is 12.1 Å². The van der Waals surface area contributed by atoms with Crippen molar-refractivity contribution >= 4 is 47.8 Å². The van der Waals surface area contributed by atoms with Crippen molar-refractivity contribution < 1.29 is 9.47 Å². The molecule has 0 fully saturated rings. The minimum Gasteiger partial charge on any atom is -0.496 e. The molecule has 2 nitrogen and oxygen atoms in total. The third kappa shape index (κ3) is 5.10. The molecule has 0 aliphatic heterocycles. The van der Waals surface area contributed by atoms with Crippen molar-refractivity contribution in [3.05, 3.63) is 21.1 Å². The zero-order valence-corrected chi connectivity index (χ0v) is 15.3. The van der Waals surface area contributed by atoms with E-state index in [4.69, 9.17) is 9.47 Å². The first-order chi connectivity index (χ1) is 8.58. The molecule has 0 aliphatic carbocycles. The molecule has 0 saturated heterocycles. The Morgan fingerprint density at radius 2 is 1.72 bits per heavy atom. The van der Waals surface area contributed by atoms with Gasteiger partial charge >= 0.3 is 0 Å². The zero-order chi connectivity index (χ0) is 13.5. The highest BCUT2D eigenvalue weighted by Crippen LogP contribution is 2.37. The predicted octanol–water partition coefficient (Wildman–Crippen LogP) is 5.90. The number of methoxy groups -OCH3 is 1. The number of halogens is 3. The van der Waals surface area contributed by atoms with Gasteiger partial charge < -0.3 is 9.47 Å². The normalized spacial score (nSPS) is 12.3. The molecule has 0 aromatic heterocycles. The minimum absolute atomic E-state index is 0.0423. The molecular formula is C13H17Br3O2. The van der Waals surface area contributed by atoms with Gasteiger partial charge in [0.05, 0.1) is 16.1 Å². The van der Waals surface area contributed by atoms with Crippen molar-refractivity contribution in [3.8, 4) is 11.5 Å². The third-order valence-corrected chi connectivity index (χ3v) is 4.38. The van der Waals surface area contributed by atoms with Crippen LogP contribution in [0.15, 0.2) is 21.1 Å². The maximum absolute atomic E-state index is 5.86. The topological polar surface area (TPSA) is 18.5 Å². The molecule has 102 valence electrons. The summed E-state index contributed by atoms with van der Waals surface area (Å²) in [6, 6.07) is 3.81. The molecule has 1 aromatic carbocycles. The van der Waals surface area contributed by atoms with Crippen LogP contribution in [0.4, 0.5) is 0 Å². The molecule has 0 amide bonds. The molecule has 1 rings (SSSR count). The Bertz CT molecular complexity index is 383. The van der Waals surface area contributed by atoms with Gasteiger partial charge in [0.15, 0.2) is 5.01 Å². The van der Waals surface area contributed by atoms with Gasteiger partial charge in [0.2, 0.25) is 0 Å². The second-order valence-electron chi connectivity index (χ2n) is 3.94. The molecule has 0 spiro atoms. The molecule has 0 aliphatic rings. The highest BCUT2D eigenvalue weighted by molar-refractivity contribution is 9.11. The zero-order valence-electron chi connectivity index (χ0n) is 10.5. The van der Waals surface area contributed by atoms with Gasteiger partial charge in [0.1, 0.15) is 11.5 Å². The van der Waals surface area contributed by atoms with Crippen LogP contribution in [0.3, 0.4) is 0 Å². The van der Waals surface area contributed by atoms with Crippen molar-refractivity contribution in [2.45, 2.75) is 37.6 Å². The lowest BCUT2D eigenvalue weighted by molar-refractivity contribution is 0.276. The van der Waals surface area contributed by atoms with E-state index in [9.17, 15) is 0 Å². The van der Waals surface area contributed by atoms with Crippen LogP contribution in [0.1, 0.15) is 32.6 Å². The summed E-state index contributed by atoms with van der Waals surface area (Å²) in [6.45, 7) is 2.20. The van der Waals surface area contributed by atoms with Gasteiger partial charge in [-0.25, -0.2) is 0 Å². The van der Waals surface area contributed by atoms with E-state index in [1.54, 1.807) is 7.11 Å². The van der Waals surface area contributed by atoms with Gasteiger partial charge in [-0.3, -0.25) is 0 Å². The first kappa shape index (κ1) is 16.3. The van der Waals surface area contributed by atoms with Crippen LogP contribution in [-0.4, -0.2) is 12.1 Å². The number of alkyl halides is 1. The number of hydrogen-bond acceptors (Lipinski definition) is 2. The largest absolute Gasteiger partial charge is 0.496 e. The van der Waals surface area contributed by atoms with Crippen LogP contribution in [0.2, 0.25) is 0 Å². The van der Waals surface area contributed by atoms with Crippen LogP contribution in [-0.2, 0) is 0 Å². The fraction of sp³-hybridized carbons (Fsp3) is 0.538. The number of rotatable bonds is 7. The van der Waals surface area contributed by atoms with Gasteiger partial charge in [-0.1, -0.05) is 19.8 Å². The van der Waals surface area contributed by atoms with Crippen molar-refractivity contribution in [3.63, 3.8) is 0 Å².